The molecule has 1 atom stereocenters. The monoisotopic (exact) mass is 332 g/mol. The van der Waals surface area contributed by atoms with Gasteiger partial charge in [-0.15, -0.1) is 0 Å². The fraction of sp³-hybridized carbons (Fsp3) is 0.750. The van der Waals surface area contributed by atoms with Gasteiger partial charge in [0.2, 0.25) is 0 Å². The minimum absolute atomic E-state index is 0.574. The molecule has 0 saturated carbocycles. The van der Waals surface area contributed by atoms with Crippen molar-refractivity contribution in [1.82, 2.24) is 14.8 Å². The van der Waals surface area contributed by atoms with E-state index in [1.165, 1.54) is 51.3 Å². The zero-order valence-corrected chi connectivity index (χ0v) is 16.3. The van der Waals surface area contributed by atoms with Crippen LogP contribution in [0, 0.1) is 12.8 Å². The number of aryl methyl sites for hydroxylation is 1. The summed E-state index contributed by atoms with van der Waals surface area (Å²) in [4.78, 5) is 12.1. The number of aromatic nitrogens is 1. The van der Waals surface area contributed by atoms with Crippen LogP contribution in [0.2, 0.25) is 0 Å². The van der Waals surface area contributed by atoms with Crippen LogP contribution in [0.15, 0.2) is 18.3 Å². The first-order valence-corrected chi connectivity index (χ1v) is 9.72. The van der Waals surface area contributed by atoms with Crippen LogP contribution >= 0.6 is 0 Å². The van der Waals surface area contributed by atoms with Gasteiger partial charge in [-0.05, 0) is 64.9 Å². The SMILES string of the molecule is CC.Cc1ccc(N2CCN(CC3CCN(C)CC3)CC2C)cn1. The first kappa shape index (κ1) is 19.2. The van der Waals surface area contributed by atoms with Gasteiger partial charge in [-0.2, -0.15) is 0 Å². The van der Waals surface area contributed by atoms with E-state index < -0.39 is 0 Å². The minimum atomic E-state index is 0.574. The predicted octanol–water partition coefficient (Wildman–Crippen LogP) is 3.27. The van der Waals surface area contributed by atoms with Crippen molar-refractivity contribution in [1.29, 1.82) is 0 Å². The van der Waals surface area contributed by atoms with Crippen molar-refractivity contribution >= 4 is 5.69 Å². The number of piperazine rings is 1. The molecular weight excluding hydrogens is 296 g/mol. The summed E-state index contributed by atoms with van der Waals surface area (Å²) in [5.41, 5.74) is 2.37. The summed E-state index contributed by atoms with van der Waals surface area (Å²) in [6, 6.07) is 4.91. The Balaban J connectivity index is 0.00000100. The Hall–Kier alpha value is -1.13. The van der Waals surface area contributed by atoms with E-state index in [1.807, 2.05) is 27.0 Å². The average molecular weight is 333 g/mol. The number of likely N-dealkylation sites (tertiary alicyclic amines) is 1. The lowest BCUT2D eigenvalue weighted by molar-refractivity contribution is 0.146. The molecule has 2 aliphatic rings. The molecule has 4 nitrogen and oxygen atoms in total. The van der Waals surface area contributed by atoms with E-state index in [-0.39, 0.29) is 0 Å². The molecule has 3 heterocycles. The summed E-state index contributed by atoms with van der Waals surface area (Å²) in [6.07, 6.45) is 4.76. The number of anilines is 1. The normalized spacial score (nSPS) is 23.7. The van der Waals surface area contributed by atoms with Gasteiger partial charge < -0.3 is 9.80 Å². The summed E-state index contributed by atoms with van der Waals surface area (Å²) in [7, 11) is 2.24. The summed E-state index contributed by atoms with van der Waals surface area (Å²) in [5, 5.41) is 0. The lowest BCUT2D eigenvalue weighted by Crippen LogP contribution is -2.53. The maximum atomic E-state index is 4.45. The summed E-state index contributed by atoms with van der Waals surface area (Å²) < 4.78 is 0. The van der Waals surface area contributed by atoms with Crippen molar-refractivity contribution in [2.75, 3.05) is 51.2 Å². The smallest absolute Gasteiger partial charge is 0.0556 e. The van der Waals surface area contributed by atoms with E-state index in [4.69, 9.17) is 0 Å². The number of pyridine rings is 1. The van der Waals surface area contributed by atoms with Crippen LogP contribution in [0.5, 0.6) is 0 Å². The Morgan fingerprint density at radius 2 is 1.79 bits per heavy atom. The van der Waals surface area contributed by atoms with Crippen LogP contribution in [-0.4, -0.2) is 67.1 Å². The first-order chi connectivity index (χ1) is 11.6. The number of nitrogens with zero attached hydrogens (tertiary/aromatic N) is 4. The molecule has 0 aromatic carbocycles. The zero-order valence-electron chi connectivity index (χ0n) is 16.3. The van der Waals surface area contributed by atoms with Crippen molar-refractivity contribution < 1.29 is 0 Å². The maximum Gasteiger partial charge on any atom is 0.0556 e. The molecule has 0 N–H and O–H groups in total. The summed E-state index contributed by atoms with van der Waals surface area (Å²) in [6.45, 7) is 15.7. The third-order valence-corrected chi connectivity index (χ3v) is 5.29. The van der Waals surface area contributed by atoms with E-state index in [9.17, 15) is 0 Å². The molecule has 0 amide bonds. The van der Waals surface area contributed by atoms with Crippen LogP contribution in [0.3, 0.4) is 0 Å². The Labute approximate surface area is 148 Å². The molecule has 0 bridgehead atoms. The van der Waals surface area contributed by atoms with Gasteiger partial charge in [-0.1, -0.05) is 13.8 Å². The van der Waals surface area contributed by atoms with E-state index in [0.29, 0.717) is 6.04 Å². The molecule has 2 aliphatic heterocycles. The van der Waals surface area contributed by atoms with E-state index in [2.05, 4.69) is 45.8 Å². The van der Waals surface area contributed by atoms with E-state index in [1.54, 1.807) is 0 Å². The molecule has 4 heteroatoms. The molecular formula is C20H36N4. The summed E-state index contributed by atoms with van der Waals surface area (Å²) in [5.74, 6) is 0.899. The topological polar surface area (TPSA) is 22.6 Å². The Morgan fingerprint density at radius 1 is 1.08 bits per heavy atom. The second-order valence-corrected chi connectivity index (χ2v) is 7.21. The average Bonchev–Trinajstić information content (AvgIpc) is 2.60. The molecule has 1 aromatic rings. The van der Waals surface area contributed by atoms with Crippen LogP contribution < -0.4 is 4.90 Å². The molecule has 136 valence electrons. The van der Waals surface area contributed by atoms with Crippen molar-refractivity contribution in [3.63, 3.8) is 0 Å². The van der Waals surface area contributed by atoms with Crippen molar-refractivity contribution in [2.45, 2.75) is 46.6 Å². The number of piperidine rings is 1. The fourth-order valence-electron chi connectivity index (χ4n) is 3.82. The van der Waals surface area contributed by atoms with Crippen LogP contribution in [0.1, 0.15) is 39.3 Å². The number of hydrogen-bond acceptors (Lipinski definition) is 4. The third kappa shape index (κ3) is 5.18. The molecule has 24 heavy (non-hydrogen) atoms. The van der Waals surface area contributed by atoms with Gasteiger partial charge in [0.05, 0.1) is 11.9 Å². The van der Waals surface area contributed by atoms with Gasteiger partial charge in [-0.25, -0.2) is 0 Å². The molecule has 0 radical (unpaired) electrons. The van der Waals surface area contributed by atoms with Crippen LogP contribution in [0.25, 0.3) is 0 Å². The van der Waals surface area contributed by atoms with Crippen molar-refractivity contribution in [3.05, 3.63) is 24.0 Å². The second-order valence-electron chi connectivity index (χ2n) is 7.21. The highest BCUT2D eigenvalue weighted by atomic mass is 15.3. The third-order valence-electron chi connectivity index (χ3n) is 5.29. The zero-order chi connectivity index (χ0) is 17.5. The Morgan fingerprint density at radius 3 is 2.38 bits per heavy atom. The van der Waals surface area contributed by atoms with Crippen molar-refractivity contribution in [3.8, 4) is 0 Å². The predicted molar refractivity (Wildman–Crippen MR) is 104 cm³/mol. The number of hydrogen-bond donors (Lipinski definition) is 0. The summed E-state index contributed by atoms with van der Waals surface area (Å²) >= 11 is 0. The number of rotatable bonds is 3. The highest BCUT2D eigenvalue weighted by Gasteiger charge is 2.26. The largest absolute Gasteiger partial charge is 0.365 e. The Kier molecular flexibility index (Phi) is 7.50. The van der Waals surface area contributed by atoms with Crippen molar-refractivity contribution in [2.24, 2.45) is 5.92 Å². The fourth-order valence-corrected chi connectivity index (χ4v) is 3.82. The van der Waals surface area contributed by atoms with Crippen LogP contribution in [0.4, 0.5) is 5.69 Å². The van der Waals surface area contributed by atoms with Gasteiger partial charge in [-0.3, -0.25) is 9.88 Å². The molecule has 1 unspecified atom stereocenters. The van der Waals surface area contributed by atoms with Gasteiger partial charge >= 0.3 is 0 Å². The second kappa shape index (κ2) is 9.38. The minimum Gasteiger partial charge on any atom is -0.365 e. The highest BCUT2D eigenvalue weighted by Crippen LogP contribution is 2.22. The molecule has 2 fully saturated rings. The molecule has 1 aromatic heterocycles. The first-order valence-electron chi connectivity index (χ1n) is 9.72. The molecule has 2 saturated heterocycles. The van der Waals surface area contributed by atoms with Gasteiger partial charge in [0, 0.05) is 37.9 Å². The van der Waals surface area contributed by atoms with Gasteiger partial charge in [0.25, 0.3) is 0 Å². The maximum absolute atomic E-state index is 4.45. The van der Waals surface area contributed by atoms with E-state index in [0.717, 1.165) is 18.2 Å². The Bertz CT molecular complexity index is 465. The molecule has 0 aliphatic carbocycles. The standard InChI is InChI=1S/C18H30N4.C2H6/c1-15-4-5-18(12-19-15)22-11-10-21(13-16(22)2)14-17-6-8-20(3)9-7-17;1-2/h4-5,12,16-17H,6-11,13-14H2,1-3H3;1-2H3. The van der Waals surface area contributed by atoms with Gasteiger partial charge in [0.1, 0.15) is 0 Å². The highest BCUT2D eigenvalue weighted by molar-refractivity contribution is 5.46. The lowest BCUT2D eigenvalue weighted by Gasteiger charge is -2.43. The quantitative estimate of drug-likeness (QED) is 0.847. The molecule has 3 rings (SSSR count). The lowest BCUT2D eigenvalue weighted by atomic mass is 9.96. The van der Waals surface area contributed by atoms with Gasteiger partial charge in [0.15, 0.2) is 0 Å². The molecule has 0 spiro atoms. The van der Waals surface area contributed by atoms with Crippen LogP contribution in [-0.2, 0) is 0 Å². The van der Waals surface area contributed by atoms with E-state index >= 15 is 0 Å².